The molecule has 10 atom stereocenters. The summed E-state index contributed by atoms with van der Waals surface area (Å²) in [4.78, 5) is 138. The predicted octanol–water partition coefficient (Wildman–Crippen LogP) is 5.38. The molecule has 0 rings (SSSR count). The van der Waals surface area contributed by atoms with Crippen molar-refractivity contribution in [2.45, 2.75) is 332 Å². The van der Waals surface area contributed by atoms with E-state index in [0.29, 0.717) is 129 Å². The van der Waals surface area contributed by atoms with Gasteiger partial charge in [0, 0.05) is 49.2 Å². The Labute approximate surface area is 705 Å². The molecule has 0 saturated heterocycles. The number of nitrogens with two attached hydrogens (primary N) is 7. The number of thioether (sulfide) groups is 2. The highest BCUT2D eigenvalue weighted by Crippen LogP contribution is 2.16. The molecule has 0 aliphatic heterocycles. The van der Waals surface area contributed by atoms with Gasteiger partial charge in [0.05, 0.1) is 37.4 Å². The quantitative estimate of drug-likeness (QED) is 0.0340. The molecule has 0 aromatic rings. The maximum absolute atomic E-state index is 14.5. The number of unbranched alkanes of at least 4 members (excludes halogenated alkanes) is 25. The Morgan fingerprint density at radius 3 is 0.766 bits per heavy atom. The van der Waals surface area contributed by atoms with Gasteiger partial charge in [-0.1, -0.05) is 175 Å². The lowest BCUT2D eigenvalue weighted by molar-refractivity contribution is -0.134. The maximum Gasteiger partial charge on any atom is 0.244 e. The van der Waals surface area contributed by atoms with Crippen molar-refractivity contribution in [1.82, 2.24) is 53.2 Å². The summed E-state index contributed by atoms with van der Waals surface area (Å²) in [6.07, 6.45) is 31.7. The number of halogens is 5. The minimum absolute atomic E-state index is 0. The molecule has 0 fully saturated rings. The van der Waals surface area contributed by atoms with Crippen LogP contribution in [0.4, 0.5) is 0 Å². The van der Waals surface area contributed by atoms with Crippen LogP contribution in [0.25, 0.3) is 0 Å². The predicted molar refractivity (Wildman–Crippen MR) is 465 cm³/mol. The molecule has 0 spiro atoms. The highest BCUT2D eigenvalue weighted by molar-refractivity contribution is 8.03. The minimum atomic E-state index is -1.39. The van der Waals surface area contributed by atoms with Gasteiger partial charge in [-0.15, -0.1) is 62.0 Å². The van der Waals surface area contributed by atoms with E-state index in [1.165, 1.54) is 87.7 Å². The van der Waals surface area contributed by atoms with Crippen LogP contribution >= 0.6 is 85.6 Å². The first-order valence-corrected chi connectivity index (χ1v) is 42.9. The van der Waals surface area contributed by atoms with E-state index in [-0.39, 0.29) is 123 Å². The second-order valence-electron chi connectivity index (χ2n) is 28.2. The molecular weight excluding hydrogens is 1570 g/mol. The van der Waals surface area contributed by atoms with Crippen LogP contribution in [0.2, 0.25) is 0 Å². The fraction of sp³-hybridized carbons (Fsp3) is 0.867. The highest BCUT2D eigenvalue weighted by Gasteiger charge is 2.33. The summed E-state index contributed by atoms with van der Waals surface area (Å²) in [5.74, 6) is -5.74. The van der Waals surface area contributed by atoms with E-state index in [4.69, 9.17) is 40.1 Å². The summed E-state index contributed by atoms with van der Waals surface area (Å²) < 4.78 is 0. The Hall–Kier alpha value is -3.51. The molecule has 10 amide bonds. The summed E-state index contributed by atoms with van der Waals surface area (Å²) in [5.41, 5.74) is 41.8. The first-order chi connectivity index (χ1) is 51.2. The molecule has 26 N–H and O–H groups in total. The number of amides is 10. The van der Waals surface area contributed by atoms with Crippen LogP contribution in [-0.2, 0) is 47.9 Å². The smallest absolute Gasteiger partial charge is 0.244 e. The van der Waals surface area contributed by atoms with E-state index >= 15 is 0 Å². The van der Waals surface area contributed by atoms with Gasteiger partial charge in [0.2, 0.25) is 59.1 Å². The Kier molecular flexibility index (Phi) is 87.0. The zero-order chi connectivity index (χ0) is 78.8. The molecule has 0 bridgehead atoms. The molecule has 29 nitrogen and oxygen atoms in total. The second kappa shape index (κ2) is 81.6. The van der Waals surface area contributed by atoms with Gasteiger partial charge in [-0.2, -0.15) is 23.5 Å². The third-order valence-electron chi connectivity index (χ3n) is 18.6. The number of aliphatic hydroxyl groups is 2. The van der Waals surface area contributed by atoms with Gasteiger partial charge < -0.3 is 104 Å². The Balaban J connectivity index is -0.00000551. The second-order valence-corrected chi connectivity index (χ2v) is 30.5. The van der Waals surface area contributed by atoms with Gasteiger partial charge in [0.15, 0.2) is 0 Å². The topological polar surface area (TPSA) is 514 Å². The summed E-state index contributed by atoms with van der Waals surface area (Å²) in [6.45, 7) is 7.34. The monoisotopic (exact) mass is 1720 g/mol. The van der Waals surface area contributed by atoms with Gasteiger partial charge in [-0.3, -0.25) is 47.9 Å². The molecule has 0 aromatic heterocycles. The summed E-state index contributed by atoms with van der Waals surface area (Å²) in [7, 11) is 0. The number of rotatable bonds is 73. The molecule has 0 aliphatic carbocycles. The lowest BCUT2D eigenvalue weighted by atomic mass is 10.1. The molecule has 10 unspecified atom stereocenters. The fourth-order valence-corrected chi connectivity index (χ4v) is 13.9. The van der Waals surface area contributed by atoms with E-state index in [1.54, 1.807) is 0 Å². The Morgan fingerprint density at radius 1 is 0.261 bits per heavy atom. The molecule has 0 aromatic carbocycles. The van der Waals surface area contributed by atoms with Crippen molar-refractivity contribution < 1.29 is 58.2 Å². The van der Waals surface area contributed by atoms with Crippen LogP contribution in [0.3, 0.4) is 0 Å². The molecule has 0 aliphatic rings. The van der Waals surface area contributed by atoms with Crippen molar-refractivity contribution in [2.24, 2.45) is 40.1 Å². The Morgan fingerprint density at radius 2 is 0.477 bits per heavy atom. The minimum Gasteiger partial charge on any atom is -0.394 e. The third kappa shape index (κ3) is 63.3. The largest absolute Gasteiger partial charge is 0.394 e. The first kappa shape index (κ1) is 118. The van der Waals surface area contributed by atoms with Crippen LogP contribution < -0.4 is 93.3 Å². The number of carbonyl (C=O) groups excluding carboxylic acids is 10. The molecule has 0 radical (unpaired) electrons. The first-order valence-electron chi connectivity index (χ1n) is 40.6. The lowest BCUT2D eigenvalue weighted by Crippen LogP contribution is -2.59. The van der Waals surface area contributed by atoms with Gasteiger partial charge >= 0.3 is 0 Å². The van der Waals surface area contributed by atoms with Crippen molar-refractivity contribution in [3.05, 3.63) is 0 Å². The van der Waals surface area contributed by atoms with Crippen molar-refractivity contribution in [3.8, 4) is 0 Å². The van der Waals surface area contributed by atoms with Crippen LogP contribution in [0, 0.1) is 0 Å². The average molecular weight is 1730 g/mol. The number of nitrogens with one attached hydrogen (secondary N) is 10. The van der Waals surface area contributed by atoms with Crippen molar-refractivity contribution in [3.63, 3.8) is 0 Å². The standard InChI is InChI=1S/C75H149N17O12S2.5ClH/c1-4-7-10-12-14-16-18-20-22-33-46-85-70(99)62(52-93)89-74(103)64(91-72(101)60(87-68(97)58(81)39-26-31-44-77)41-28-35-48-83-66(95)56(79)37-24-9-6-3)54-105-50-51-106-55-65(75(104)90-63(53-94)71(100)86-47-34-23-21-19-17-15-13-11-8-5-2)92-73(102)61(88-69(98)59(82)40-27-32-45-78)42-29-36-49-84-67(96)57(80)38-25-30-43-76;;;;;/h56-65,93-94H,4-55,76-82H2,1-3H3,(H,83,95)(H,84,96)(H,85,99)(H,86,100)(H,87,97)(H,88,98)(H,89,103)(H,90,104)(H,91,101)(H,92,102);5*1H. The number of hydrogen-bond acceptors (Lipinski definition) is 21. The third-order valence-corrected chi connectivity index (χ3v) is 21.0. The van der Waals surface area contributed by atoms with Crippen molar-refractivity contribution >= 4 is 145 Å². The van der Waals surface area contributed by atoms with Crippen molar-refractivity contribution in [2.75, 3.05) is 82.0 Å². The maximum atomic E-state index is 14.5. The molecule has 36 heteroatoms. The van der Waals surface area contributed by atoms with E-state index < -0.39 is 121 Å². The summed E-state index contributed by atoms with van der Waals surface area (Å²) in [6, 6.07) is -11.2. The summed E-state index contributed by atoms with van der Waals surface area (Å²) in [5, 5.41) is 48.6. The van der Waals surface area contributed by atoms with E-state index in [1.807, 2.05) is 0 Å². The Bertz CT molecular complexity index is 2210. The number of carbonyl (C=O) groups is 10. The van der Waals surface area contributed by atoms with Crippen LogP contribution in [0.1, 0.15) is 271 Å². The van der Waals surface area contributed by atoms with Crippen LogP contribution in [0.15, 0.2) is 0 Å². The van der Waals surface area contributed by atoms with Gasteiger partial charge in [-0.25, -0.2) is 0 Å². The number of hydrogen-bond donors (Lipinski definition) is 19. The van der Waals surface area contributed by atoms with E-state index in [2.05, 4.69) is 73.9 Å². The average Bonchev–Trinajstić information content (AvgIpc) is 0.873. The molecule has 0 saturated carbocycles. The molecule has 658 valence electrons. The molecule has 0 heterocycles. The van der Waals surface area contributed by atoms with Crippen LogP contribution in [-0.4, -0.2) is 212 Å². The SMILES string of the molecule is CCCCCCCCCCCCNC(=O)C(CO)NC(=O)C(CSCCSCC(NC(=O)C(CCCCNC(=O)C(N)CCCCN)NC(=O)C(N)CCCCN)C(=O)NC(CO)C(=O)NCCCCCCCCCCCC)NC(=O)C(CCCCNC(=O)C(N)CCCCC)NC(=O)C(N)CCCCN.Cl.Cl.Cl.Cl.Cl. The van der Waals surface area contributed by atoms with Crippen LogP contribution in [0.5, 0.6) is 0 Å². The number of aliphatic hydroxyl groups excluding tert-OH is 2. The van der Waals surface area contributed by atoms with E-state index in [9.17, 15) is 58.2 Å². The lowest BCUT2D eigenvalue weighted by Gasteiger charge is -2.26. The fourth-order valence-electron chi connectivity index (χ4n) is 11.6. The van der Waals surface area contributed by atoms with Gasteiger partial charge in [0.25, 0.3) is 0 Å². The normalized spacial score (nSPS) is 13.5. The molecule has 111 heavy (non-hydrogen) atoms. The molecular formula is C75H154Cl5N17O12S2. The van der Waals surface area contributed by atoms with E-state index in [0.717, 1.165) is 77.0 Å². The summed E-state index contributed by atoms with van der Waals surface area (Å²) >= 11 is 2.45. The zero-order valence-corrected chi connectivity index (χ0v) is 73.1. The van der Waals surface area contributed by atoms with Crippen molar-refractivity contribution in [1.29, 1.82) is 0 Å². The van der Waals surface area contributed by atoms with Gasteiger partial charge in [-0.05, 0) is 116 Å². The van der Waals surface area contributed by atoms with Gasteiger partial charge in [0.1, 0.15) is 36.3 Å². The zero-order valence-electron chi connectivity index (χ0n) is 67.4. The highest BCUT2D eigenvalue weighted by atomic mass is 35.5.